The highest BCUT2D eigenvalue weighted by Gasteiger charge is 2.23. The van der Waals surface area contributed by atoms with Crippen LogP contribution in [0.5, 0.6) is 5.75 Å². The average molecular weight is 452 g/mol. The number of carbonyl (C=O) groups excluding carboxylic acids is 1. The van der Waals surface area contributed by atoms with Crippen LogP contribution in [0.1, 0.15) is 17.0 Å². The van der Waals surface area contributed by atoms with Crippen LogP contribution in [0.3, 0.4) is 0 Å². The molecule has 3 aromatic rings. The van der Waals surface area contributed by atoms with Gasteiger partial charge >= 0.3 is 6.09 Å². The maximum atomic E-state index is 12.6. The third-order valence-electron chi connectivity index (χ3n) is 5.49. The van der Waals surface area contributed by atoms with Crippen molar-refractivity contribution >= 4 is 17.9 Å². The summed E-state index contributed by atoms with van der Waals surface area (Å²) in [5.41, 5.74) is 3.31. The van der Waals surface area contributed by atoms with Gasteiger partial charge in [-0.15, -0.1) is 0 Å². The number of imidazole rings is 1. The van der Waals surface area contributed by atoms with Crippen LogP contribution < -0.4 is 4.74 Å². The molecule has 0 aliphatic carbocycles. The highest BCUT2D eigenvalue weighted by molar-refractivity contribution is 7.99. The van der Waals surface area contributed by atoms with E-state index >= 15 is 0 Å². The normalized spacial score (nSPS) is 14.5. The van der Waals surface area contributed by atoms with E-state index in [4.69, 9.17) is 4.74 Å². The summed E-state index contributed by atoms with van der Waals surface area (Å²) < 4.78 is 7.62. The summed E-state index contributed by atoms with van der Waals surface area (Å²) in [6.45, 7) is 5.77. The van der Waals surface area contributed by atoms with Gasteiger partial charge in [-0.1, -0.05) is 30.0 Å². The number of benzene rings is 1. The van der Waals surface area contributed by atoms with Crippen LogP contribution in [0, 0.1) is 6.92 Å². The Labute approximate surface area is 193 Å². The van der Waals surface area contributed by atoms with Crippen molar-refractivity contribution in [3.8, 4) is 5.75 Å². The van der Waals surface area contributed by atoms with Gasteiger partial charge in [-0.2, -0.15) is 0 Å². The highest BCUT2D eigenvalue weighted by Crippen LogP contribution is 2.19. The summed E-state index contributed by atoms with van der Waals surface area (Å²) in [4.78, 5) is 25.5. The number of aromatic nitrogens is 3. The molecular formula is C24H29N5O2S. The summed E-state index contributed by atoms with van der Waals surface area (Å²) in [5, 5.41) is 1.02. The van der Waals surface area contributed by atoms with Crippen molar-refractivity contribution in [3.63, 3.8) is 0 Å². The van der Waals surface area contributed by atoms with Gasteiger partial charge in [0.1, 0.15) is 5.75 Å². The zero-order valence-corrected chi connectivity index (χ0v) is 19.4. The SMILES string of the molecule is Cc1cccc(CN2CCN(C(=O)Oc3ccc(CCSc4nccn4C)cc3)CC2)n1. The summed E-state index contributed by atoms with van der Waals surface area (Å²) in [6.07, 6.45) is 4.42. The molecule has 0 radical (unpaired) electrons. The number of hydrogen-bond acceptors (Lipinski definition) is 6. The first-order valence-electron chi connectivity index (χ1n) is 10.9. The van der Waals surface area contributed by atoms with E-state index in [0.717, 1.165) is 48.4 Å². The third kappa shape index (κ3) is 6.11. The van der Waals surface area contributed by atoms with Gasteiger partial charge in [0, 0.05) is 63.6 Å². The number of pyridine rings is 1. The van der Waals surface area contributed by atoms with Crippen LogP contribution in [-0.4, -0.2) is 62.4 Å². The Morgan fingerprint density at radius 3 is 2.56 bits per heavy atom. The lowest BCUT2D eigenvalue weighted by Gasteiger charge is -2.33. The van der Waals surface area contributed by atoms with E-state index in [1.165, 1.54) is 5.56 Å². The lowest BCUT2D eigenvalue weighted by molar-refractivity contribution is 0.107. The van der Waals surface area contributed by atoms with Gasteiger partial charge in [-0.3, -0.25) is 9.88 Å². The molecule has 1 saturated heterocycles. The number of aryl methyl sites for hydroxylation is 3. The van der Waals surface area contributed by atoms with Crippen molar-refractivity contribution in [2.24, 2.45) is 7.05 Å². The molecule has 0 bridgehead atoms. The second-order valence-corrected chi connectivity index (χ2v) is 9.03. The molecule has 1 aliphatic heterocycles. The quantitative estimate of drug-likeness (QED) is 0.510. The molecule has 0 saturated carbocycles. The molecule has 3 heterocycles. The molecule has 0 atom stereocenters. The molecule has 1 aliphatic rings. The zero-order chi connectivity index (χ0) is 22.3. The van der Waals surface area contributed by atoms with Gasteiger partial charge in [-0.05, 0) is 43.2 Å². The number of carbonyl (C=O) groups is 1. The zero-order valence-electron chi connectivity index (χ0n) is 18.6. The molecule has 168 valence electrons. The minimum absolute atomic E-state index is 0.281. The van der Waals surface area contributed by atoms with Crippen LogP contribution in [0.25, 0.3) is 0 Å². The summed E-state index contributed by atoms with van der Waals surface area (Å²) in [6, 6.07) is 13.9. The van der Waals surface area contributed by atoms with Gasteiger partial charge < -0.3 is 14.2 Å². The van der Waals surface area contributed by atoms with Crippen molar-refractivity contribution in [2.75, 3.05) is 31.9 Å². The highest BCUT2D eigenvalue weighted by atomic mass is 32.2. The molecule has 0 N–H and O–H groups in total. The van der Waals surface area contributed by atoms with Gasteiger partial charge in [0.15, 0.2) is 5.16 Å². The summed E-state index contributed by atoms with van der Waals surface area (Å²) in [5.74, 6) is 1.54. The predicted molar refractivity (Wildman–Crippen MR) is 126 cm³/mol. The van der Waals surface area contributed by atoms with Crippen LogP contribution in [0.4, 0.5) is 4.79 Å². The standard InChI is InChI=1S/C24H29N5O2S/c1-19-4-3-5-21(26-19)18-28-13-15-29(16-14-28)24(30)31-22-8-6-20(7-9-22)10-17-32-23-25-11-12-27(23)2/h3-9,11-12H,10,13-18H2,1-2H3. The Hall–Kier alpha value is -2.84. The number of hydrogen-bond donors (Lipinski definition) is 0. The van der Waals surface area contributed by atoms with Crippen LogP contribution >= 0.6 is 11.8 Å². The Morgan fingerprint density at radius 1 is 1.09 bits per heavy atom. The monoisotopic (exact) mass is 451 g/mol. The number of thioether (sulfide) groups is 1. The number of ether oxygens (including phenoxy) is 1. The second-order valence-electron chi connectivity index (χ2n) is 7.96. The smallest absolute Gasteiger partial charge is 0.410 e. The molecule has 8 heteroatoms. The van der Waals surface area contributed by atoms with Gasteiger partial charge in [0.2, 0.25) is 0 Å². The van der Waals surface area contributed by atoms with E-state index in [0.29, 0.717) is 18.8 Å². The first-order valence-corrected chi connectivity index (χ1v) is 11.9. The topological polar surface area (TPSA) is 63.5 Å². The van der Waals surface area contributed by atoms with Gasteiger partial charge in [0.05, 0.1) is 5.69 Å². The Kier molecular flexibility index (Phi) is 7.44. The summed E-state index contributed by atoms with van der Waals surface area (Å²) in [7, 11) is 2.00. The lowest BCUT2D eigenvalue weighted by Crippen LogP contribution is -2.49. The fraction of sp³-hybridized carbons (Fsp3) is 0.375. The molecule has 7 nitrogen and oxygen atoms in total. The molecule has 1 fully saturated rings. The Bertz CT molecular complexity index is 1030. The minimum atomic E-state index is -0.281. The van der Waals surface area contributed by atoms with E-state index in [9.17, 15) is 4.79 Å². The van der Waals surface area contributed by atoms with Gasteiger partial charge in [-0.25, -0.2) is 9.78 Å². The third-order valence-corrected chi connectivity index (χ3v) is 6.55. The van der Waals surface area contributed by atoms with Crippen LogP contribution in [0.15, 0.2) is 60.0 Å². The van der Waals surface area contributed by atoms with Crippen LogP contribution in [-0.2, 0) is 20.0 Å². The molecule has 1 amide bonds. The molecule has 2 aromatic heterocycles. The average Bonchev–Trinajstić information content (AvgIpc) is 3.20. The Morgan fingerprint density at radius 2 is 1.88 bits per heavy atom. The predicted octanol–water partition coefficient (Wildman–Crippen LogP) is 3.77. The second kappa shape index (κ2) is 10.7. The van der Waals surface area contributed by atoms with Crippen molar-refractivity contribution < 1.29 is 9.53 Å². The maximum absolute atomic E-state index is 12.6. The van der Waals surface area contributed by atoms with Crippen molar-refractivity contribution in [3.05, 3.63) is 71.8 Å². The Balaban J connectivity index is 1.20. The summed E-state index contributed by atoms with van der Waals surface area (Å²) >= 11 is 1.74. The van der Waals surface area contributed by atoms with Crippen molar-refractivity contribution in [1.82, 2.24) is 24.3 Å². The van der Waals surface area contributed by atoms with Crippen molar-refractivity contribution in [2.45, 2.75) is 25.0 Å². The molecule has 32 heavy (non-hydrogen) atoms. The number of rotatable bonds is 7. The molecule has 0 spiro atoms. The lowest BCUT2D eigenvalue weighted by atomic mass is 10.2. The van der Waals surface area contributed by atoms with Crippen molar-refractivity contribution in [1.29, 1.82) is 0 Å². The number of amides is 1. The first kappa shape index (κ1) is 22.4. The molecule has 0 unspecified atom stereocenters. The van der Waals surface area contributed by atoms with E-state index < -0.39 is 0 Å². The van der Waals surface area contributed by atoms with Gasteiger partial charge in [0.25, 0.3) is 0 Å². The molecule has 4 rings (SSSR count). The van der Waals surface area contributed by atoms with Crippen LogP contribution in [0.2, 0.25) is 0 Å². The first-order chi connectivity index (χ1) is 15.6. The van der Waals surface area contributed by atoms with E-state index in [2.05, 4.69) is 20.9 Å². The van der Waals surface area contributed by atoms with E-state index in [1.54, 1.807) is 16.7 Å². The largest absolute Gasteiger partial charge is 0.415 e. The fourth-order valence-electron chi connectivity index (χ4n) is 3.65. The molecular weight excluding hydrogens is 422 g/mol. The van der Waals surface area contributed by atoms with E-state index in [1.807, 2.05) is 67.3 Å². The maximum Gasteiger partial charge on any atom is 0.415 e. The fourth-order valence-corrected chi connectivity index (χ4v) is 4.57. The number of piperazine rings is 1. The minimum Gasteiger partial charge on any atom is -0.410 e. The number of nitrogens with zero attached hydrogens (tertiary/aromatic N) is 5. The van der Waals surface area contributed by atoms with E-state index in [-0.39, 0.29) is 6.09 Å². The molecule has 1 aromatic carbocycles.